The quantitative estimate of drug-likeness (QED) is 0.652. The molecule has 16 heavy (non-hydrogen) atoms. The number of hydrogen-bond acceptors (Lipinski definition) is 2. The summed E-state index contributed by atoms with van der Waals surface area (Å²) in [4.78, 5) is 0. The van der Waals surface area contributed by atoms with Gasteiger partial charge >= 0.3 is 0 Å². The number of rotatable bonds is 9. The first-order valence-corrected chi connectivity index (χ1v) is 6.31. The van der Waals surface area contributed by atoms with Gasteiger partial charge in [-0.05, 0) is 25.5 Å². The number of nitrogens with one attached hydrogen (secondary N) is 1. The van der Waals surface area contributed by atoms with Crippen LogP contribution in [0, 0.1) is 0 Å². The molecule has 0 aliphatic carbocycles. The van der Waals surface area contributed by atoms with E-state index in [9.17, 15) is 0 Å². The van der Waals surface area contributed by atoms with Crippen molar-refractivity contribution in [2.75, 3.05) is 19.8 Å². The number of unbranched alkanes of at least 4 members (excludes halogenated alkanes) is 1. The van der Waals surface area contributed by atoms with Crippen LogP contribution in [0.15, 0.2) is 18.3 Å². The second-order valence-electron chi connectivity index (χ2n) is 3.93. The van der Waals surface area contributed by atoms with Gasteiger partial charge in [0.15, 0.2) is 0 Å². The van der Waals surface area contributed by atoms with Gasteiger partial charge in [-0.1, -0.05) is 13.3 Å². The maximum atomic E-state index is 5.48. The van der Waals surface area contributed by atoms with Gasteiger partial charge in [0.05, 0.1) is 6.61 Å². The lowest BCUT2D eigenvalue weighted by Gasteiger charge is -2.08. The summed E-state index contributed by atoms with van der Waals surface area (Å²) in [5.41, 5.74) is 1.34. The van der Waals surface area contributed by atoms with Crippen LogP contribution in [0.1, 0.15) is 32.4 Å². The molecule has 1 heterocycles. The Kier molecular flexibility index (Phi) is 6.93. The van der Waals surface area contributed by atoms with Crippen molar-refractivity contribution < 1.29 is 4.74 Å². The first-order chi connectivity index (χ1) is 7.88. The minimum absolute atomic E-state index is 0.812. The highest BCUT2D eigenvalue weighted by atomic mass is 16.5. The summed E-state index contributed by atoms with van der Waals surface area (Å²) >= 11 is 0. The zero-order valence-corrected chi connectivity index (χ0v) is 10.5. The number of nitrogens with zero attached hydrogens (tertiary/aromatic N) is 1. The first-order valence-electron chi connectivity index (χ1n) is 6.31. The van der Waals surface area contributed by atoms with E-state index in [4.69, 9.17) is 4.74 Å². The van der Waals surface area contributed by atoms with Crippen LogP contribution in [-0.4, -0.2) is 24.3 Å². The fourth-order valence-electron chi connectivity index (χ4n) is 1.63. The van der Waals surface area contributed by atoms with Crippen molar-refractivity contribution in [1.82, 2.24) is 9.88 Å². The van der Waals surface area contributed by atoms with Gasteiger partial charge in [0.25, 0.3) is 0 Å². The van der Waals surface area contributed by atoms with Crippen LogP contribution in [0.3, 0.4) is 0 Å². The standard InChI is InChI=1S/C13H24N2O/c1-3-5-10-16-11-8-14-12-13-7-6-9-15(13)4-2/h6-7,9,14H,3-5,8,10-12H2,1-2H3. The highest BCUT2D eigenvalue weighted by molar-refractivity contribution is 5.06. The second-order valence-corrected chi connectivity index (χ2v) is 3.93. The van der Waals surface area contributed by atoms with Crippen LogP contribution in [0.4, 0.5) is 0 Å². The van der Waals surface area contributed by atoms with Gasteiger partial charge in [0.1, 0.15) is 0 Å². The highest BCUT2D eigenvalue weighted by Gasteiger charge is 1.97. The summed E-state index contributed by atoms with van der Waals surface area (Å²) in [7, 11) is 0. The smallest absolute Gasteiger partial charge is 0.0591 e. The zero-order chi connectivity index (χ0) is 11.6. The Bertz CT molecular complexity index is 271. The van der Waals surface area contributed by atoms with Gasteiger partial charge in [-0.25, -0.2) is 0 Å². The fourth-order valence-corrected chi connectivity index (χ4v) is 1.63. The molecule has 0 saturated heterocycles. The van der Waals surface area contributed by atoms with E-state index in [1.54, 1.807) is 0 Å². The van der Waals surface area contributed by atoms with Crippen molar-refractivity contribution in [1.29, 1.82) is 0 Å². The maximum Gasteiger partial charge on any atom is 0.0591 e. The molecule has 1 rings (SSSR count). The Morgan fingerprint density at radius 3 is 2.94 bits per heavy atom. The van der Waals surface area contributed by atoms with Crippen molar-refractivity contribution in [3.05, 3.63) is 24.0 Å². The number of hydrogen-bond donors (Lipinski definition) is 1. The van der Waals surface area contributed by atoms with Gasteiger partial charge in [-0.2, -0.15) is 0 Å². The van der Waals surface area contributed by atoms with E-state index in [1.165, 1.54) is 18.5 Å². The topological polar surface area (TPSA) is 26.2 Å². The van der Waals surface area contributed by atoms with Gasteiger partial charge in [0.2, 0.25) is 0 Å². The summed E-state index contributed by atoms with van der Waals surface area (Å²) in [5, 5.41) is 3.39. The summed E-state index contributed by atoms with van der Waals surface area (Å²) in [6.07, 6.45) is 4.49. The SMILES string of the molecule is CCCCOCCNCc1cccn1CC. The van der Waals surface area contributed by atoms with E-state index in [0.717, 1.165) is 32.8 Å². The molecule has 1 aromatic heterocycles. The van der Waals surface area contributed by atoms with E-state index in [2.05, 4.69) is 42.1 Å². The van der Waals surface area contributed by atoms with Gasteiger partial charge in [-0.3, -0.25) is 0 Å². The zero-order valence-electron chi connectivity index (χ0n) is 10.5. The molecule has 0 saturated carbocycles. The Balaban J connectivity index is 2.03. The highest BCUT2D eigenvalue weighted by Crippen LogP contribution is 2.00. The fraction of sp³-hybridized carbons (Fsp3) is 0.692. The lowest BCUT2D eigenvalue weighted by molar-refractivity contribution is 0.132. The normalized spacial score (nSPS) is 10.9. The molecule has 0 bridgehead atoms. The third kappa shape index (κ3) is 4.81. The predicted octanol–water partition coefficient (Wildman–Crippen LogP) is 2.41. The van der Waals surface area contributed by atoms with E-state index >= 15 is 0 Å². The Labute approximate surface area is 98.8 Å². The van der Waals surface area contributed by atoms with E-state index in [0.29, 0.717) is 0 Å². The average molecular weight is 224 g/mol. The van der Waals surface area contributed by atoms with E-state index in [1.807, 2.05) is 0 Å². The Morgan fingerprint density at radius 1 is 1.31 bits per heavy atom. The molecule has 0 aliphatic heterocycles. The molecule has 92 valence electrons. The van der Waals surface area contributed by atoms with Crippen molar-refractivity contribution in [3.63, 3.8) is 0 Å². The van der Waals surface area contributed by atoms with Crippen LogP contribution < -0.4 is 5.32 Å². The predicted molar refractivity (Wildman–Crippen MR) is 67.5 cm³/mol. The van der Waals surface area contributed by atoms with Crippen LogP contribution >= 0.6 is 0 Å². The first kappa shape index (κ1) is 13.3. The molecule has 0 spiro atoms. The van der Waals surface area contributed by atoms with E-state index in [-0.39, 0.29) is 0 Å². The number of aromatic nitrogens is 1. The molecule has 1 N–H and O–H groups in total. The summed E-state index contributed by atoms with van der Waals surface area (Å²) < 4.78 is 7.74. The molecule has 3 nitrogen and oxygen atoms in total. The summed E-state index contributed by atoms with van der Waals surface area (Å²) in [5.74, 6) is 0. The van der Waals surface area contributed by atoms with E-state index < -0.39 is 0 Å². The molecule has 0 unspecified atom stereocenters. The van der Waals surface area contributed by atoms with Gasteiger partial charge in [-0.15, -0.1) is 0 Å². The third-order valence-electron chi connectivity index (χ3n) is 2.64. The van der Waals surface area contributed by atoms with Crippen LogP contribution in [-0.2, 0) is 17.8 Å². The minimum atomic E-state index is 0.812. The summed E-state index contributed by atoms with van der Waals surface area (Å²) in [6.45, 7) is 8.95. The maximum absolute atomic E-state index is 5.48. The van der Waals surface area contributed by atoms with Crippen molar-refractivity contribution >= 4 is 0 Å². The minimum Gasteiger partial charge on any atom is -0.380 e. The molecule has 0 aromatic carbocycles. The molecular formula is C13H24N2O. The van der Waals surface area contributed by atoms with Crippen molar-refractivity contribution in [2.45, 2.75) is 39.8 Å². The van der Waals surface area contributed by atoms with Crippen molar-refractivity contribution in [3.8, 4) is 0 Å². The molecule has 0 amide bonds. The lowest BCUT2D eigenvalue weighted by atomic mass is 10.4. The molecular weight excluding hydrogens is 200 g/mol. The van der Waals surface area contributed by atoms with Crippen LogP contribution in [0.25, 0.3) is 0 Å². The van der Waals surface area contributed by atoms with Crippen molar-refractivity contribution in [2.24, 2.45) is 0 Å². The molecule has 0 fully saturated rings. The third-order valence-corrected chi connectivity index (χ3v) is 2.64. The lowest BCUT2D eigenvalue weighted by Crippen LogP contribution is -2.21. The van der Waals surface area contributed by atoms with Gasteiger partial charge in [0, 0.05) is 38.1 Å². The monoisotopic (exact) mass is 224 g/mol. The summed E-state index contributed by atoms with van der Waals surface area (Å²) in [6, 6.07) is 4.26. The molecule has 0 atom stereocenters. The number of aryl methyl sites for hydroxylation is 1. The molecule has 1 aromatic rings. The largest absolute Gasteiger partial charge is 0.380 e. The molecule has 0 radical (unpaired) electrons. The number of ether oxygens (including phenoxy) is 1. The second kappa shape index (κ2) is 8.36. The van der Waals surface area contributed by atoms with Crippen LogP contribution in [0.5, 0.6) is 0 Å². The van der Waals surface area contributed by atoms with Gasteiger partial charge < -0.3 is 14.6 Å². The average Bonchev–Trinajstić information content (AvgIpc) is 2.75. The molecule has 0 aliphatic rings. The molecule has 3 heteroatoms. The Morgan fingerprint density at radius 2 is 2.19 bits per heavy atom. The van der Waals surface area contributed by atoms with Crippen LogP contribution in [0.2, 0.25) is 0 Å². The Hall–Kier alpha value is -0.800.